The van der Waals surface area contributed by atoms with Crippen molar-refractivity contribution < 1.29 is 8.83 Å². The topological polar surface area (TPSA) is 26.3 Å². The summed E-state index contributed by atoms with van der Waals surface area (Å²) in [5.74, 6) is 0. The Bertz CT molecular complexity index is 3090. The Hall–Kier alpha value is -6.90. The van der Waals surface area contributed by atoms with Gasteiger partial charge in [0.15, 0.2) is 0 Å². The number of hydrogen-bond acceptors (Lipinski definition) is 2. The van der Waals surface area contributed by atoms with Gasteiger partial charge in [-0.1, -0.05) is 141 Å². The normalized spacial score (nSPS) is 13.3. The van der Waals surface area contributed by atoms with Crippen LogP contribution in [0, 0.1) is 0 Å². The van der Waals surface area contributed by atoms with Crippen molar-refractivity contribution >= 4 is 92.9 Å². The van der Waals surface area contributed by atoms with E-state index >= 15 is 0 Å². The SMILES string of the molecule is C=C/C=C(/C=C\C(=C\C=C)c1c2ccccc2c(/C(C)=C/C=C\C)c2ccccc12)c1ccc2oc3cc4cc5oc6ccccc6c5cc4cc3c2c1. The molecule has 2 nitrogen and oxygen atoms in total. The molecule has 0 fully saturated rings. The van der Waals surface area contributed by atoms with Crippen molar-refractivity contribution in [3.8, 4) is 0 Å². The number of rotatable bonds is 8. The van der Waals surface area contributed by atoms with Crippen molar-refractivity contribution in [2.24, 2.45) is 0 Å². The second-order valence-electron chi connectivity index (χ2n) is 13.7. The Morgan fingerprint density at radius 3 is 1.61 bits per heavy atom. The fraction of sp³-hybridized carbons (Fsp3) is 0.0385. The first kappa shape index (κ1) is 33.0. The average Bonchev–Trinajstić information content (AvgIpc) is 3.74. The highest BCUT2D eigenvalue weighted by molar-refractivity contribution is 6.18. The number of allylic oxidation sites excluding steroid dienone is 12. The predicted molar refractivity (Wildman–Crippen MR) is 234 cm³/mol. The number of fused-ring (bicyclic) bond motifs is 9. The maximum absolute atomic E-state index is 6.43. The highest BCUT2D eigenvalue weighted by atomic mass is 16.3. The smallest absolute Gasteiger partial charge is 0.136 e. The van der Waals surface area contributed by atoms with E-state index in [9.17, 15) is 0 Å². The van der Waals surface area contributed by atoms with Crippen molar-refractivity contribution in [3.05, 3.63) is 200 Å². The molecule has 0 amide bonds. The molecule has 0 radical (unpaired) electrons. The van der Waals surface area contributed by atoms with Gasteiger partial charge in [-0.05, 0) is 122 Å². The van der Waals surface area contributed by atoms with Crippen LogP contribution in [-0.2, 0) is 0 Å². The van der Waals surface area contributed by atoms with E-state index < -0.39 is 0 Å². The van der Waals surface area contributed by atoms with Crippen LogP contribution < -0.4 is 0 Å². The largest absolute Gasteiger partial charge is 0.456 e. The van der Waals surface area contributed by atoms with E-state index in [-0.39, 0.29) is 0 Å². The molecule has 9 rings (SSSR count). The van der Waals surface area contributed by atoms with Crippen LogP contribution in [0.5, 0.6) is 0 Å². The maximum Gasteiger partial charge on any atom is 0.136 e. The fourth-order valence-corrected chi connectivity index (χ4v) is 8.01. The quantitative estimate of drug-likeness (QED) is 0.117. The summed E-state index contributed by atoms with van der Waals surface area (Å²) in [5.41, 5.74) is 10.3. The Balaban J connectivity index is 1.17. The summed E-state index contributed by atoms with van der Waals surface area (Å²) in [5, 5.41) is 11.5. The lowest BCUT2D eigenvalue weighted by Crippen LogP contribution is -1.94. The van der Waals surface area contributed by atoms with E-state index in [1.807, 2.05) is 31.2 Å². The lowest BCUT2D eigenvalue weighted by molar-refractivity contribution is 0.668. The van der Waals surface area contributed by atoms with Crippen LogP contribution in [0.25, 0.3) is 92.9 Å². The minimum absolute atomic E-state index is 0.851. The standard InChI is InChI=1S/C52H38O2/c1-5-8-17-33(4)51-40-19-9-11-21-42(40)52(43-22-12-10-20-41(43)51)35(16-7-3)25-24-34(15-6-2)36-26-27-48-45(28-36)46-30-37-29-44-39-18-13-14-23-47(39)53-49(44)31-38(37)32-50(46)54-48/h5-32H,2-3H2,1,4H3/b8-5-,25-24-,33-17+,34-15-,35-16-. The Labute approximate surface area is 314 Å². The molecule has 2 aromatic heterocycles. The molecular formula is C52H38O2. The highest BCUT2D eigenvalue weighted by Gasteiger charge is 2.17. The summed E-state index contributed by atoms with van der Waals surface area (Å²) in [6, 6.07) is 40.8. The zero-order valence-electron chi connectivity index (χ0n) is 30.4. The Morgan fingerprint density at radius 1 is 0.481 bits per heavy atom. The number of benzene rings is 7. The van der Waals surface area contributed by atoms with Gasteiger partial charge < -0.3 is 8.83 Å². The maximum atomic E-state index is 6.43. The van der Waals surface area contributed by atoms with Crippen molar-refractivity contribution in [2.75, 3.05) is 0 Å². The van der Waals surface area contributed by atoms with Crippen LogP contribution in [0.3, 0.4) is 0 Å². The van der Waals surface area contributed by atoms with Gasteiger partial charge in [-0.3, -0.25) is 0 Å². The fourth-order valence-electron chi connectivity index (χ4n) is 8.01. The number of para-hydroxylation sites is 1. The zero-order chi connectivity index (χ0) is 36.8. The summed E-state index contributed by atoms with van der Waals surface area (Å²) in [6.45, 7) is 12.4. The summed E-state index contributed by atoms with van der Waals surface area (Å²) < 4.78 is 12.6. The van der Waals surface area contributed by atoms with Crippen LogP contribution in [0.1, 0.15) is 30.5 Å². The van der Waals surface area contributed by atoms with Gasteiger partial charge in [0.1, 0.15) is 22.3 Å². The van der Waals surface area contributed by atoms with Gasteiger partial charge in [0.2, 0.25) is 0 Å². The van der Waals surface area contributed by atoms with E-state index in [4.69, 9.17) is 8.83 Å². The van der Waals surface area contributed by atoms with Crippen molar-refractivity contribution in [1.82, 2.24) is 0 Å². The third kappa shape index (κ3) is 5.52. The monoisotopic (exact) mass is 694 g/mol. The molecule has 0 aliphatic carbocycles. The Kier molecular flexibility index (Phi) is 8.29. The minimum Gasteiger partial charge on any atom is -0.456 e. The van der Waals surface area contributed by atoms with Crippen LogP contribution >= 0.6 is 0 Å². The summed E-state index contributed by atoms with van der Waals surface area (Å²) in [6.07, 6.45) is 18.7. The van der Waals surface area contributed by atoms with Crippen molar-refractivity contribution in [2.45, 2.75) is 13.8 Å². The molecule has 0 unspecified atom stereocenters. The molecule has 9 aromatic rings. The first-order valence-corrected chi connectivity index (χ1v) is 18.3. The Morgan fingerprint density at radius 2 is 0.981 bits per heavy atom. The van der Waals surface area contributed by atoms with E-state index in [1.165, 1.54) is 38.2 Å². The molecule has 0 saturated carbocycles. The molecule has 0 saturated heterocycles. The van der Waals surface area contributed by atoms with Gasteiger partial charge in [0, 0.05) is 21.5 Å². The van der Waals surface area contributed by atoms with E-state index in [0.29, 0.717) is 0 Å². The number of hydrogen-bond donors (Lipinski definition) is 0. The third-order valence-corrected chi connectivity index (χ3v) is 10.4. The molecule has 2 heterocycles. The first-order chi connectivity index (χ1) is 26.6. The molecule has 258 valence electrons. The molecule has 54 heavy (non-hydrogen) atoms. The van der Waals surface area contributed by atoms with Gasteiger partial charge in [-0.15, -0.1) is 0 Å². The molecule has 0 bridgehead atoms. The lowest BCUT2D eigenvalue weighted by Gasteiger charge is -2.18. The molecule has 0 aliphatic rings. The van der Waals surface area contributed by atoms with Gasteiger partial charge in [0.25, 0.3) is 0 Å². The second kappa shape index (κ2) is 13.6. The molecule has 0 aliphatic heterocycles. The van der Waals surface area contributed by atoms with Gasteiger partial charge >= 0.3 is 0 Å². The van der Waals surface area contributed by atoms with Crippen LogP contribution in [0.2, 0.25) is 0 Å². The second-order valence-corrected chi connectivity index (χ2v) is 13.7. The lowest BCUT2D eigenvalue weighted by atomic mass is 9.85. The number of furan rings is 2. The highest BCUT2D eigenvalue weighted by Crippen LogP contribution is 2.41. The van der Waals surface area contributed by atoms with Gasteiger partial charge in [-0.25, -0.2) is 0 Å². The summed E-state index contributed by atoms with van der Waals surface area (Å²) >= 11 is 0. The zero-order valence-corrected chi connectivity index (χ0v) is 30.4. The minimum atomic E-state index is 0.851. The molecule has 0 N–H and O–H groups in total. The van der Waals surface area contributed by atoms with Crippen molar-refractivity contribution in [3.63, 3.8) is 0 Å². The first-order valence-electron chi connectivity index (χ1n) is 18.3. The third-order valence-electron chi connectivity index (χ3n) is 10.4. The summed E-state index contributed by atoms with van der Waals surface area (Å²) in [7, 11) is 0. The predicted octanol–water partition coefficient (Wildman–Crippen LogP) is 15.3. The van der Waals surface area contributed by atoms with Crippen molar-refractivity contribution in [1.29, 1.82) is 0 Å². The van der Waals surface area contributed by atoms with Crippen LogP contribution in [0.4, 0.5) is 0 Å². The van der Waals surface area contributed by atoms with Gasteiger partial charge in [-0.2, -0.15) is 0 Å². The molecule has 7 aromatic carbocycles. The molecular weight excluding hydrogens is 657 g/mol. The molecule has 0 spiro atoms. The van der Waals surface area contributed by atoms with Gasteiger partial charge in [0.05, 0.1) is 0 Å². The van der Waals surface area contributed by atoms with E-state index in [0.717, 1.165) is 71.4 Å². The van der Waals surface area contributed by atoms with E-state index in [2.05, 4.69) is 166 Å². The average molecular weight is 695 g/mol. The summed E-state index contributed by atoms with van der Waals surface area (Å²) in [4.78, 5) is 0. The van der Waals surface area contributed by atoms with E-state index in [1.54, 1.807) is 0 Å². The molecule has 0 atom stereocenters. The van der Waals surface area contributed by atoms with Crippen LogP contribution in [0.15, 0.2) is 192 Å². The van der Waals surface area contributed by atoms with Crippen LogP contribution in [-0.4, -0.2) is 0 Å². The molecule has 2 heteroatoms.